The van der Waals surface area contributed by atoms with Gasteiger partial charge >= 0.3 is 0 Å². The molecule has 0 amide bonds. The molecule has 1 unspecified atom stereocenters. The summed E-state index contributed by atoms with van der Waals surface area (Å²) in [5.41, 5.74) is 3.93. The quantitative estimate of drug-likeness (QED) is 0.874. The van der Waals surface area contributed by atoms with Crippen LogP contribution in [0.2, 0.25) is 0 Å². The molecule has 96 valence electrons. The molecule has 3 nitrogen and oxygen atoms in total. The number of hydrogen-bond donors (Lipinski definition) is 1. The van der Waals surface area contributed by atoms with E-state index in [1.807, 2.05) is 10.9 Å². The zero-order valence-corrected chi connectivity index (χ0v) is 11.4. The first-order valence-corrected chi connectivity index (χ1v) is 6.52. The summed E-state index contributed by atoms with van der Waals surface area (Å²) < 4.78 is 2.04. The Morgan fingerprint density at radius 3 is 2.78 bits per heavy atom. The van der Waals surface area contributed by atoms with Gasteiger partial charge in [-0.2, -0.15) is 5.10 Å². The third kappa shape index (κ3) is 2.79. The van der Waals surface area contributed by atoms with Crippen LogP contribution in [-0.4, -0.2) is 9.78 Å². The summed E-state index contributed by atoms with van der Waals surface area (Å²) in [5, 5.41) is 7.86. The third-order valence-corrected chi connectivity index (χ3v) is 3.35. The van der Waals surface area contributed by atoms with Gasteiger partial charge in [0, 0.05) is 25.3 Å². The lowest BCUT2D eigenvalue weighted by atomic mass is 10.1. The van der Waals surface area contributed by atoms with E-state index in [4.69, 9.17) is 0 Å². The van der Waals surface area contributed by atoms with E-state index in [2.05, 4.69) is 61.5 Å². The highest BCUT2D eigenvalue weighted by Gasteiger charge is 2.10. The molecule has 1 atom stereocenters. The molecule has 2 aromatic rings. The van der Waals surface area contributed by atoms with Crippen LogP contribution in [-0.2, 0) is 13.1 Å². The summed E-state index contributed by atoms with van der Waals surface area (Å²) >= 11 is 0. The Labute approximate surface area is 109 Å². The lowest BCUT2D eigenvalue weighted by molar-refractivity contribution is 0.508. The molecule has 0 aliphatic carbocycles. The molecule has 0 aliphatic rings. The highest BCUT2D eigenvalue weighted by atomic mass is 15.3. The standard InChI is InChI=1S/C15H21N3/c1-4-18-15(9-10-17-18)13(3)16-11-14-8-6-5-7-12(14)2/h5-10,13,16H,4,11H2,1-3H3. The molecule has 0 fully saturated rings. The monoisotopic (exact) mass is 243 g/mol. The Morgan fingerprint density at radius 1 is 1.28 bits per heavy atom. The lowest BCUT2D eigenvalue weighted by Gasteiger charge is -2.16. The van der Waals surface area contributed by atoms with E-state index in [0.29, 0.717) is 6.04 Å². The molecule has 0 spiro atoms. The summed E-state index contributed by atoms with van der Waals surface area (Å²) in [4.78, 5) is 0. The fourth-order valence-electron chi connectivity index (χ4n) is 2.15. The minimum absolute atomic E-state index is 0.312. The van der Waals surface area contributed by atoms with E-state index < -0.39 is 0 Å². The number of aromatic nitrogens is 2. The largest absolute Gasteiger partial charge is 0.305 e. The van der Waals surface area contributed by atoms with Crippen LogP contribution in [0.3, 0.4) is 0 Å². The molecule has 0 saturated carbocycles. The summed E-state index contributed by atoms with van der Waals surface area (Å²) in [6.07, 6.45) is 1.87. The number of aryl methyl sites for hydroxylation is 2. The second kappa shape index (κ2) is 5.83. The summed E-state index contributed by atoms with van der Waals surface area (Å²) in [7, 11) is 0. The van der Waals surface area contributed by atoms with Crippen molar-refractivity contribution in [2.75, 3.05) is 0 Å². The van der Waals surface area contributed by atoms with Gasteiger partial charge in [-0.25, -0.2) is 0 Å². The van der Waals surface area contributed by atoms with Crippen molar-refractivity contribution >= 4 is 0 Å². The maximum atomic E-state index is 4.30. The fourth-order valence-corrected chi connectivity index (χ4v) is 2.15. The molecular weight excluding hydrogens is 222 g/mol. The van der Waals surface area contributed by atoms with Crippen LogP contribution in [0.25, 0.3) is 0 Å². The van der Waals surface area contributed by atoms with Gasteiger partial charge in [-0.15, -0.1) is 0 Å². The van der Waals surface area contributed by atoms with E-state index in [1.165, 1.54) is 16.8 Å². The Balaban J connectivity index is 2.01. The first kappa shape index (κ1) is 12.8. The number of rotatable bonds is 5. The SMILES string of the molecule is CCn1nccc1C(C)NCc1ccccc1C. The molecule has 0 aliphatic heterocycles. The van der Waals surface area contributed by atoms with E-state index in [0.717, 1.165) is 13.1 Å². The molecule has 1 aromatic heterocycles. The third-order valence-electron chi connectivity index (χ3n) is 3.35. The molecule has 1 aromatic carbocycles. The Morgan fingerprint density at radius 2 is 2.06 bits per heavy atom. The van der Waals surface area contributed by atoms with Crippen LogP contribution in [0.15, 0.2) is 36.5 Å². The highest BCUT2D eigenvalue weighted by Crippen LogP contribution is 2.13. The molecule has 1 N–H and O–H groups in total. The second-order valence-corrected chi connectivity index (χ2v) is 4.60. The molecule has 18 heavy (non-hydrogen) atoms. The van der Waals surface area contributed by atoms with Crippen molar-refractivity contribution < 1.29 is 0 Å². The van der Waals surface area contributed by atoms with Crippen molar-refractivity contribution in [1.29, 1.82) is 0 Å². The summed E-state index contributed by atoms with van der Waals surface area (Å²) in [5.74, 6) is 0. The van der Waals surface area contributed by atoms with Crippen LogP contribution in [0.4, 0.5) is 0 Å². The zero-order chi connectivity index (χ0) is 13.0. The molecular formula is C15H21N3. The number of benzene rings is 1. The Hall–Kier alpha value is -1.61. The predicted molar refractivity (Wildman–Crippen MR) is 74.3 cm³/mol. The Bertz CT molecular complexity index is 502. The second-order valence-electron chi connectivity index (χ2n) is 4.60. The molecule has 3 heteroatoms. The maximum absolute atomic E-state index is 4.30. The van der Waals surface area contributed by atoms with Crippen LogP contribution < -0.4 is 5.32 Å². The van der Waals surface area contributed by atoms with Gasteiger partial charge in [0.15, 0.2) is 0 Å². The minimum Gasteiger partial charge on any atom is -0.305 e. The normalized spacial score (nSPS) is 12.6. The molecule has 2 rings (SSSR count). The average molecular weight is 243 g/mol. The molecule has 0 radical (unpaired) electrons. The average Bonchev–Trinajstić information content (AvgIpc) is 2.86. The molecule has 1 heterocycles. The maximum Gasteiger partial charge on any atom is 0.0550 e. The number of hydrogen-bond acceptors (Lipinski definition) is 2. The van der Waals surface area contributed by atoms with E-state index in [-0.39, 0.29) is 0 Å². The first-order chi connectivity index (χ1) is 8.72. The number of nitrogens with one attached hydrogen (secondary N) is 1. The summed E-state index contributed by atoms with van der Waals surface area (Å²) in [6.45, 7) is 8.26. The van der Waals surface area contributed by atoms with E-state index in [1.54, 1.807) is 0 Å². The predicted octanol–water partition coefficient (Wildman–Crippen LogP) is 3.06. The fraction of sp³-hybridized carbons (Fsp3) is 0.400. The lowest BCUT2D eigenvalue weighted by Crippen LogP contribution is -2.21. The smallest absolute Gasteiger partial charge is 0.0550 e. The van der Waals surface area contributed by atoms with Gasteiger partial charge in [0.2, 0.25) is 0 Å². The van der Waals surface area contributed by atoms with Gasteiger partial charge in [-0.05, 0) is 38.0 Å². The van der Waals surface area contributed by atoms with Gasteiger partial charge in [0.1, 0.15) is 0 Å². The van der Waals surface area contributed by atoms with Crippen molar-refractivity contribution in [3.05, 3.63) is 53.3 Å². The van der Waals surface area contributed by atoms with E-state index >= 15 is 0 Å². The minimum atomic E-state index is 0.312. The molecule has 0 bridgehead atoms. The molecule has 0 saturated heterocycles. The zero-order valence-electron chi connectivity index (χ0n) is 11.4. The van der Waals surface area contributed by atoms with Crippen LogP contribution in [0, 0.1) is 6.92 Å². The van der Waals surface area contributed by atoms with Crippen molar-refractivity contribution in [2.45, 2.75) is 39.9 Å². The van der Waals surface area contributed by atoms with Gasteiger partial charge < -0.3 is 5.32 Å². The first-order valence-electron chi connectivity index (χ1n) is 6.52. The van der Waals surface area contributed by atoms with Crippen molar-refractivity contribution in [1.82, 2.24) is 15.1 Å². The van der Waals surface area contributed by atoms with Gasteiger partial charge in [-0.3, -0.25) is 4.68 Å². The van der Waals surface area contributed by atoms with E-state index in [9.17, 15) is 0 Å². The van der Waals surface area contributed by atoms with Gasteiger partial charge in [-0.1, -0.05) is 24.3 Å². The summed E-state index contributed by atoms with van der Waals surface area (Å²) in [6, 6.07) is 10.9. The Kier molecular flexibility index (Phi) is 4.15. The van der Waals surface area contributed by atoms with Crippen molar-refractivity contribution in [3.8, 4) is 0 Å². The van der Waals surface area contributed by atoms with Crippen LogP contribution >= 0.6 is 0 Å². The topological polar surface area (TPSA) is 29.9 Å². The van der Waals surface area contributed by atoms with Gasteiger partial charge in [0.05, 0.1) is 5.69 Å². The van der Waals surface area contributed by atoms with Crippen molar-refractivity contribution in [3.63, 3.8) is 0 Å². The van der Waals surface area contributed by atoms with Crippen molar-refractivity contribution in [2.24, 2.45) is 0 Å². The van der Waals surface area contributed by atoms with Gasteiger partial charge in [0.25, 0.3) is 0 Å². The highest BCUT2D eigenvalue weighted by molar-refractivity contribution is 5.25. The van der Waals surface area contributed by atoms with Crippen LogP contribution in [0.1, 0.15) is 36.7 Å². The number of nitrogens with zero attached hydrogens (tertiary/aromatic N) is 2. The van der Waals surface area contributed by atoms with Crippen LogP contribution in [0.5, 0.6) is 0 Å².